The monoisotopic (exact) mass is 355 g/mol. The molecule has 1 atom stereocenters. The molecular weight excluding hydrogens is 334 g/mol. The van der Waals surface area contributed by atoms with Gasteiger partial charge in [0.15, 0.2) is 0 Å². The number of thiophene rings is 1. The topological polar surface area (TPSA) is 29.9 Å². The molecule has 0 aliphatic rings. The molecule has 0 fully saturated rings. The van der Waals surface area contributed by atoms with Crippen molar-refractivity contribution in [1.82, 2.24) is 15.1 Å². The second-order valence-corrected chi connectivity index (χ2v) is 7.04. The van der Waals surface area contributed by atoms with Crippen molar-refractivity contribution in [3.63, 3.8) is 0 Å². The van der Waals surface area contributed by atoms with E-state index in [1.54, 1.807) is 0 Å². The highest BCUT2D eigenvalue weighted by atomic mass is 79.9. The van der Waals surface area contributed by atoms with E-state index in [0.29, 0.717) is 6.04 Å². The van der Waals surface area contributed by atoms with Gasteiger partial charge in [-0.25, -0.2) is 0 Å². The Kier molecular flexibility index (Phi) is 5.41. The van der Waals surface area contributed by atoms with Crippen LogP contribution in [0.15, 0.2) is 16.6 Å². The summed E-state index contributed by atoms with van der Waals surface area (Å²) in [4.78, 5) is 2.75. The van der Waals surface area contributed by atoms with Crippen LogP contribution in [-0.2, 0) is 19.5 Å². The van der Waals surface area contributed by atoms with Crippen LogP contribution in [0.2, 0.25) is 0 Å². The number of hydrogen-bond acceptors (Lipinski definition) is 3. The first-order valence-electron chi connectivity index (χ1n) is 7.10. The summed E-state index contributed by atoms with van der Waals surface area (Å²) in [5.74, 6) is 0. The van der Waals surface area contributed by atoms with E-state index in [1.807, 2.05) is 11.3 Å². The van der Waals surface area contributed by atoms with Gasteiger partial charge in [0.1, 0.15) is 0 Å². The molecule has 0 aliphatic carbocycles. The molecule has 20 heavy (non-hydrogen) atoms. The van der Waals surface area contributed by atoms with Gasteiger partial charge in [-0.2, -0.15) is 5.10 Å². The fourth-order valence-electron chi connectivity index (χ4n) is 2.22. The Morgan fingerprint density at radius 3 is 2.70 bits per heavy atom. The number of hydrogen-bond donors (Lipinski definition) is 1. The van der Waals surface area contributed by atoms with Crippen LogP contribution in [-0.4, -0.2) is 9.78 Å². The fourth-order valence-corrected chi connectivity index (χ4v) is 3.83. The van der Waals surface area contributed by atoms with Gasteiger partial charge in [-0.3, -0.25) is 4.68 Å². The molecule has 0 bridgehead atoms. The average Bonchev–Trinajstić information content (AvgIpc) is 3.00. The van der Waals surface area contributed by atoms with Crippen LogP contribution < -0.4 is 5.32 Å². The molecule has 2 heterocycles. The van der Waals surface area contributed by atoms with Crippen molar-refractivity contribution in [2.45, 2.75) is 53.2 Å². The molecule has 3 nitrogen and oxygen atoms in total. The van der Waals surface area contributed by atoms with Crippen molar-refractivity contribution in [3.05, 3.63) is 37.7 Å². The van der Waals surface area contributed by atoms with E-state index in [4.69, 9.17) is 0 Å². The maximum absolute atomic E-state index is 4.63. The van der Waals surface area contributed by atoms with E-state index in [9.17, 15) is 0 Å². The molecule has 1 N–H and O–H groups in total. The Balaban J connectivity index is 2.08. The molecule has 5 heteroatoms. The third-order valence-corrected chi connectivity index (χ3v) is 5.56. The molecule has 0 aliphatic heterocycles. The van der Waals surface area contributed by atoms with Crippen molar-refractivity contribution in [2.24, 2.45) is 0 Å². The lowest BCUT2D eigenvalue weighted by molar-refractivity contribution is 0.534. The summed E-state index contributed by atoms with van der Waals surface area (Å²) < 4.78 is 3.24. The van der Waals surface area contributed by atoms with E-state index in [1.165, 1.54) is 15.4 Å². The van der Waals surface area contributed by atoms with E-state index >= 15 is 0 Å². The van der Waals surface area contributed by atoms with E-state index in [2.05, 4.69) is 70.9 Å². The first kappa shape index (κ1) is 15.7. The Bertz CT molecular complexity index is 574. The van der Waals surface area contributed by atoms with Gasteiger partial charge in [0.2, 0.25) is 0 Å². The van der Waals surface area contributed by atoms with Gasteiger partial charge in [0, 0.05) is 28.9 Å². The van der Waals surface area contributed by atoms with Crippen LogP contribution in [0.4, 0.5) is 0 Å². The number of nitrogens with one attached hydrogen (secondary N) is 1. The number of nitrogens with zero attached hydrogens (tertiary/aromatic N) is 2. The molecule has 0 saturated carbocycles. The second kappa shape index (κ2) is 6.87. The van der Waals surface area contributed by atoms with Crippen LogP contribution in [0.5, 0.6) is 0 Å². The zero-order valence-corrected chi connectivity index (χ0v) is 14.9. The molecule has 0 aromatic carbocycles. The predicted molar refractivity (Wildman–Crippen MR) is 89.3 cm³/mol. The fraction of sp³-hybridized carbons (Fsp3) is 0.533. The van der Waals surface area contributed by atoms with Gasteiger partial charge >= 0.3 is 0 Å². The summed E-state index contributed by atoms with van der Waals surface area (Å²) >= 11 is 5.55. The highest BCUT2D eigenvalue weighted by Crippen LogP contribution is 2.25. The molecule has 110 valence electrons. The summed E-state index contributed by atoms with van der Waals surface area (Å²) in [5.41, 5.74) is 2.38. The van der Waals surface area contributed by atoms with Crippen LogP contribution >= 0.6 is 27.3 Å². The highest BCUT2D eigenvalue weighted by Gasteiger charge is 2.15. The first-order valence-corrected chi connectivity index (χ1v) is 8.71. The SMILES string of the molecule is CCc1nn(CC)c(CNC(C)c2ccc(C)s2)c1Br. The summed E-state index contributed by atoms with van der Waals surface area (Å²) in [6, 6.07) is 4.76. The number of aryl methyl sites for hydroxylation is 3. The lowest BCUT2D eigenvalue weighted by Gasteiger charge is -2.13. The minimum Gasteiger partial charge on any atom is -0.304 e. The summed E-state index contributed by atoms with van der Waals surface area (Å²) in [6.07, 6.45) is 0.959. The molecule has 0 spiro atoms. The standard InChI is InChI=1S/C15H22BrN3S/c1-5-12-15(16)13(19(6-2)18-12)9-17-11(4)14-8-7-10(3)20-14/h7-8,11,17H,5-6,9H2,1-4H3. The van der Waals surface area contributed by atoms with Crippen LogP contribution in [0.1, 0.15) is 48.0 Å². The maximum Gasteiger partial charge on any atom is 0.0767 e. The van der Waals surface area contributed by atoms with Gasteiger partial charge in [0.25, 0.3) is 0 Å². The van der Waals surface area contributed by atoms with Crippen molar-refractivity contribution < 1.29 is 0 Å². The Morgan fingerprint density at radius 1 is 1.40 bits per heavy atom. The van der Waals surface area contributed by atoms with Gasteiger partial charge in [0.05, 0.1) is 15.9 Å². The van der Waals surface area contributed by atoms with E-state index in [-0.39, 0.29) is 0 Å². The van der Waals surface area contributed by atoms with E-state index in [0.717, 1.165) is 29.7 Å². The van der Waals surface area contributed by atoms with Gasteiger partial charge in [-0.05, 0) is 55.3 Å². The Labute approximate surface area is 133 Å². The third kappa shape index (κ3) is 3.32. The summed E-state index contributed by atoms with van der Waals surface area (Å²) in [6.45, 7) is 10.4. The van der Waals surface area contributed by atoms with Crippen molar-refractivity contribution in [3.8, 4) is 0 Å². The smallest absolute Gasteiger partial charge is 0.0767 e. The van der Waals surface area contributed by atoms with Crippen LogP contribution in [0, 0.1) is 6.92 Å². The lowest BCUT2D eigenvalue weighted by Crippen LogP contribution is -2.19. The number of aromatic nitrogens is 2. The minimum absolute atomic E-state index is 0.367. The number of rotatable bonds is 6. The number of halogens is 1. The van der Waals surface area contributed by atoms with Crippen molar-refractivity contribution in [1.29, 1.82) is 0 Å². The maximum atomic E-state index is 4.63. The average molecular weight is 356 g/mol. The molecule has 2 aromatic rings. The Hall–Kier alpha value is -0.650. The van der Waals surface area contributed by atoms with E-state index < -0.39 is 0 Å². The van der Waals surface area contributed by atoms with Gasteiger partial charge in [-0.1, -0.05) is 6.92 Å². The molecule has 0 amide bonds. The molecule has 0 radical (unpaired) electrons. The first-order chi connectivity index (χ1) is 9.56. The molecule has 2 aromatic heterocycles. The normalized spacial score (nSPS) is 12.8. The minimum atomic E-state index is 0.367. The third-order valence-electron chi connectivity index (χ3n) is 3.46. The van der Waals surface area contributed by atoms with Crippen molar-refractivity contribution in [2.75, 3.05) is 0 Å². The zero-order valence-electron chi connectivity index (χ0n) is 12.5. The second-order valence-electron chi connectivity index (χ2n) is 4.93. The van der Waals surface area contributed by atoms with Gasteiger partial charge in [-0.15, -0.1) is 11.3 Å². The molecule has 2 rings (SSSR count). The quantitative estimate of drug-likeness (QED) is 0.829. The highest BCUT2D eigenvalue weighted by molar-refractivity contribution is 9.10. The van der Waals surface area contributed by atoms with Crippen molar-refractivity contribution >= 4 is 27.3 Å². The van der Waals surface area contributed by atoms with Crippen LogP contribution in [0.25, 0.3) is 0 Å². The predicted octanol–water partition coefficient (Wildman–Crippen LogP) is 4.45. The van der Waals surface area contributed by atoms with Crippen LogP contribution in [0.3, 0.4) is 0 Å². The zero-order chi connectivity index (χ0) is 14.7. The summed E-state index contributed by atoms with van der Waals surface area (Å²) in [7, 11) is 0. The molecule has 0 saturated heterocycles. The van der Waals surface area contributed by atoms with Gasteiger partial charge < -0.3 is 5.32 Å². The lowest BCUT2D eigenvalue weighted by atomic mass is 10.2. The molecule has 1 unspecified atom stereocenters. The summed E-state index contributed by atoms with van der Waals surface area (Å²) in [5, 5.41) is 8.23. The molecular formula is C15H22BrN3S. The Morgan fingerprint density at radius 2 is 2.15 bits per heavy atom. The largest absolute Gasteiger partial charge is 0.304 e.